The average molecular weight is 272 g/mol. The maximum atomic E-state index is 12.0. The molecule has 6 nitrogen and oxygen atoms in total. The SMILES string of the molecule is COC(C)(C)CNC(=O)N1CCC(C)(C(=O)O)CC1. The predicted octanol–water partition coefficient (Wildman–Crippen LogP) is 1.31. The number of carbonyl (C=O) groups excluding carboxylic acids is 1. The highest BCUT2D eigenvalue weighted by molar-refractivity contribution is 5.77. The fourth-order valence-electron chi connectivity index (χ4n) is 1.89. The lowest BCUT2D eigenvalue weighted by atomic mass is 9.80. The molecular weight excluding hydrogens is 248 g/mol. The van der Waals surface area contributed by atoms with Crippen LogP contribution in [0.3, 0.4) is 0 Å². The second-order valence-corrected chi connectivity index (χ2v) is 5.98. The van der Waals surface area contributed by atoms with Crippen LogP contribution in [0.4, 0.5) is 4.79 Å². The minimum atomic E-state index is -0.784. The second kappa shape index (κ2) is 5.77. The quantitative estimate of drug-likeness (QED) is 0.808. The Morgan fingerprint density at radius 1 is 1.37 bits per heavy atom. The van der Waals surface area contributed by atoms with Crippen molar-refractivity contribution in [2.45, 2.75) is 39.2 Å². The van der Waals surface area contributed by atoms with Gasteiger partial charge in [0, 0.05) is 26.7 Å². The molecule has 1 rings (SSSR count). The Hall–Kier alpha value is -1.30. The van der Waals surface area contributed by atoms with Gasteiger partial charge >= 0.3 is 12.0 Å². The van der Waals surface area contributed by atoms with E-state index in [2.05, 4.69) is 5.32 Å². The first-order valence-corrected chi connectivity index (χ1v) is 6.51. The maximum Gasteiger partial charge on any atom is 0.317 e. The molecule has 1 aliphatic rings. The molecule has 0 radical (unpaired) electrons. The monoisotopic (exact) mass is 272 g/mol. The lowest BCUT2D eigenvalue weighted by molar-refractivity contribution is -0.150. The number of aliphatic carboxylic acids is 1. The van der Waals surface area contributed by atoms with Gasteiger partial charge in [-0.25, -0.2) is 4.79 Å². The van der Waals surface area contributed by atoms with Gasteiger partial charge < -0.3 is 20.1 Å². The molecule has 6 heteroatoms. The minimum Gasteiger partial charge on any atom is -0.481 e. The number of hydrogen-bond donors (Lipinski definition) is 2. The van der Waals surface area contributed by atoms with E-state index in [1.165, 1.54) is 0 Å². The van der Waals surface area contributed by atoms with Gasteiger partial charge in [0.15, 0.2) is 0 Å². The van der Waals surface area contributed by atoms with Gasteiger partial charge in [-0.05, 0) is 33.6 Å². The van der Waals surface area contributed by atoms with Crippen LogP contribution in [0.25, 0.3) is 0 Å². The summed E-state index contributed by atoms with van der Waals surface area (Å²) in [6.07, 6.45) is 0.979. The zero-order chi connectivity index (χ0) is 14.7. The van der Waals surface area contributed by atoms with Gasteiger partial charge in [-0.2, -0.15) is 0 Å². The van der Waals surface area contributed by atoms with Crippen molar-refractivity contribution in [3.05, 3.63) is 0 Å². The Labute approximate surface area is 114 Å². The van der Waals surface area contributed by atoms with Crippen molar-refractivity contribution < 1.29 is 19.4 Å². The van der Waals surface area contributed by atoms with Crippen LogP contribution in [0.1, 0.15) is 33.6 Å². The van der Waals surface area contributed by atoms with E-state index >= 15 is 0 Å². The zero-order valence-corrected chi connectivity index (χ0v) is 12.2. The molecule has 0 aliphatic carbocycles. The van der Waals surface area contributed by atoms with Crippen molar-refractivity contribution >= 4 is 12.0 Å². The van der Waals surface area contributed by atoms with Gasteiger partial charge in [0.2, 0.25) is 0 Å². The van der Waals surface area contributed by atoms with Crippen LogP contribution >= 0.6 is 0 Å². The maximum absolute atomic E-state index is 12.0. The molecule has 1 heterocycles. The van der Waals surface area contributed by atoms with Gasteiger partial charge in [-0.3, -0.25) is 4.79 Å². The summed E-state index contributed by atoms with van der Waals surface area (Å²) in [5, 5.41) is 11.9. The first kappa shape index (κ1) is 15.8. The number of piperidine rings is 1. The van der Waals surface area contributed by atoms with E-state index in [9.17, 15) is 9.59 Å². The number of likely N-dealkylation sites (tertiary alicyclic amines) is 1. The highest BCUT2D eigenvalue weighted by Crippen LogP contribution is 2.30. The van der Waals surface area contributed by atoms with Gasteiger partial charge in [0.05, 0.1) is 11.0 Å². The molecule has 2 amide bonds. The molecule has 0 bridgehead atoms. The number of carboxylic acids is 1. The smallest absolute Gasteiger partial charge is 0.317 e. The first-order chi connectivity index (χ1) is 8.70. The van der Waals surface area contributed by atoms with Crippen molar-refractivity contribution in [2.24, 2.45) is 5.41 Å². The van der Waals surface area contributed by atoms with Crippen LogP contribution in [0.5, 0.6) is 0 Å². The van der Waals surface area contributed by atoms with E-state index in [-0.39, 0.29) is 6.03 Å². The Bertz CT molecular complexity index is 347. The fraction of sp³-hybridized carbons (Fsp3) is 0.846. The molecule has 0 atom stereocenters. The third kappa shape index (κ3) is 4.09. The van der Waals surface area contributed by atoms with E-state index < -0.39 is 17.0 Å². The molecule has 1 saturated heterocycles. The summed E-state index contributed by atoms with van der Waals surface area (Å²) in [5.74, 6) is -0.784. The van der Waals surface area contributed by atoms with E-state index in [1.807, 2.05) is 13.8 Å². The average Bonchev–Trinajstić information content (AvgIpc) is 2.37. The lowest BCUT2D eigenvalue weighted by Crippen LogP contribution is -2.51. The molecule has 1 aliphatic heterocycles. The van der Waals surface area contributed by atoms with Crippen LogP contribution in [-0.2, 0) is 9.53 Å². The Balaban J connectivity index is 2.43. The van der Waals surface area contributed by atoms with Crippen molar-refractivity contribution in [3.63, 3.8) is 0 Å². The molecule has 0 aromatic rings. The van der Waals surface area contributed by atoms with E-state index in [0.29, 0.717) is 32.5 Å². The van der Waals surface area contributed by atoms with Gasteiger partial charge in [0.25, 0.3) is 0 Å². The molecule has 1 fully saturated rings. The van der Waals surface area contributed by atoms with Crippen LogP contribution < -0.4 is 5.32 Å². The summed E-state index contributed by atoms with van der Waals surface area (Å²) < 4.78 is 5.23. The number of nitrogens with zero attached hydrogens (tertiary/aromatic N) is 1. The summed E-state index contributed by atoms with van der Waals surface area (Å²) in [4.78, 5) is 24.7. The molecule has 19 heavy (non-hydrogen) atoms. The number of carboxylic acid groups (broad SMARTS) is 1. The Morgan fingerprint density at radius 2 is 1.89 bits per heavy atom. The van der Waals surface area contributed by atoms with E-state index in [4.69, 9.17) is 9.84 Å². The molecule has 2 N–H and O–H groups in total. The topological polar surface area (TPSA) is 78.9 Å². The molecule has 0 spiro atoms. The summed E-state index contributed by atoms with van der Waals surface area (Å²) >= 11 is 0. The number of nitrogens with one attached hydrogen (secondary N) is 1. The lowest BCUT2D eigenvalue weighted by Gasteiger charge is -2.36. The molecule has 0 aromatic carbocycles. The van der Waals surface area contributed by atoms with Crippen molar-refractivity contribution in [2.75, 3.05) is 26.7 Å². The Kier molecular flexibility index (Phi) is 4.79. The van der Waals surface area contributed by atoms with Crippen molar-refractivity contribution in [1.29, 1.82) is 0 Å². The number of methoxy groups -OCH3 is 1. The minimum absolute atomic E-state index is 0.155. The summed E-state index contributed by atoms with van der Waals surface area (Å²) in [6, 6.07) is -0.155. The molecule has 110 valence electrons. The number of urea groups is 1. The van der Waals surface area contributed by atoms with Crippen LogP contribution in [0.2, 0.25) is 0 Å². The third-order valence-electron chi connectivity index (χ3n) is 3.89. The standard InChI is InChI=1S/C13H24N2O4/c1-12(2,19-4)9-14-11(18)15-7-5-13(3,6-8-15)10(16)17/h5-9H2,1-4H3,(H,14,18)(H,16,17). The number of hydrogen-bond acceptors (Lipinski definition) is 3. The summed E-state index contributed by atoms with van der Waals surface area (Å²) in [5.41, 5.74) is -1.11. The number of rotatable bonds is 4. The van der Waals surface area contributed by atoms with Gasteiger partial charge in [-0.15, -0.1) is 0 Å². The van der Waals surface area contributed by atoms with Crippen molar-refractivity contribution in [1.82, 2.24) is 10.2 Å². The van der Waals surface area contributed by atoms with E-state index in [1.54, 1.807) is 18.9 Å². The van der Waals surface area contributed by atoms with Gasteiger partial charge in [0.1, 0.15) is 0 Å². The normalized spacial score (nSPS) is 19.1. The van der Waals surface area contributed by atoms with Gasteiger partial charge in [-0.1, -0.05) is 0 Å². The zero-order valence-electron chi connectivity index (χ0n) is 12.2. The number of ether oxygens (including phenoxy) is 1. The summed E-state index contributed by atoms with van der Waals surface area (Å²) in [6.45, 7) is 6.90. The number of amides is 2. The Morgan fingerprint density at radius 3 is 2.32 bits per heavy atom. The largest absolute Gasteiger partial charge is 0.481 e. The van der Waals surface area contributed by atoms with Crippen molar-refractivity contribution in [3.8, 4) is 0 Å². The molecular formula is C13H24N2O4. The van der Waals surface area contributed by atoms with E-state index in [0.717, 1.165) is 0 Å². The second-order valence-electron chi connectivity index (χ2n) is 5.98. The number of carbonyl (C=O) groups is 2. The third-order valence-corrected chi connectivity index (χ3v) is 3.89. The molecule has 0 aromatic heterocycles. The highest BCUT2D eigenvalue weighted by Gasteiger charge is 2.38. The van der Waals surface area contributed by atoms with Crippen LogP contribution in [0.15, 0.2) is 0 Å². The summed E-state index contributed by atoms with van der Waals surface area (Å²) in [7, 11) is 1.60. The first-order valence-electron chi connectivity index (χ1n) is 6.51. The molecule has 0 saturated carbocycles. The van der Waals surface area contributed by atoms with Crippen LogP contribution in [-0.4, -0.2) is 54.4 Å². The highest BCUT2D eigenvalue weighted by atomic mass is 16.5. The molecule has 0 unspecified atom stereocenters. The predicted molar refractivity (Wildman–Crippen MR) is 71.0 cm³/mol. The fourth-order valence-corrected chi connectivity index (χ4v) is 1.89. The van der Waals surface area contributed by atoms with Crippen LogP contribution in [0, 0.1) is 5.41 Å².